The monoisotopic (exact) mass is 243 g/mol. The van der Waals surface area contributed by atoms with E-state index in [9.17, 15) is 10.0 Å². The van der Waals surface area contributed by atoms with Gasteiger partial charge in [0, 0.05) is 17.2 Å². The molecule has 0 amide bonds. The summed E-state index contributed by atoms with van der Waals surface area (Å²) in [6.07, 6.45) is 0. The van der Waals surface area contributed by atoms with Crippen molar-refractivity contribution in [3.05, 3.63) is 34.3 Å². The minimum absolute atomic E-state index is 0.173. The summed E-state index contributed by atoms with van der Waals surface area (Å²) >= 11 is 10.8. The van der Waals surface area contributed by atoms with Gasteiger partial charge >= 0.3 is 5.28 Å². The van der Waals surface area contributed by atoms with Gasteiger partial charge in [-0.25, -0.2) is 0 Å². The largest absolute Gasteiger partial charge is 0.690 e. The van der Waals surface area contributed by atoms with Crippen LogP contribution in [0.1, 0.15) is 10.4 Å². The summed E-state index contributed by atoms with van der Waals surface area (Å²) in [4.78, 5) is 14.8. The third-order valence-corrected chi connectivity index (χ3v) is 2.22. The van der Waals surface area contributed by atoms with Gasteiger partial charge < -0.3 is 5.21 Å². The molecule has 15 heavy (non-hydrogen) atoms. The van der Waals surface area contributed by atoms with Crippen LogP contribution in [-0.2, 0) is 0 Å². The first-order valence-electron chi connectivity index (χ1n) is 3.85. The number of benzene rings is 1. The number of aromatic nitrogens is 3. The molecule has 0 N–H and O–H groups in total. The number of hydrogen-bond acceptors (Lipinski definition) is 4. The van der Waals surface area contributed by atoms with E-state index in [0.717, 1.165) is 0 Å². The van der Waals surface area contributed by atoms with Gasteiger partial charge in [0.2, 0.25) is 5.52 Å². The van der Waals surface area contributed by atoms with Crippen molar-refractivity contribution in [3.8, 4) is 0 Å². The summed E-state index contributed by atoms with van der Waals surface area (Å²) in [5.74, 6) is 0. The Morgan fingerprint density at radius 2 is 2.13 bits per heavy atom. The molecule has 0 radical (unpaired) electrons. The molecule has 0 unspecified atom stereocenters. The first-order chi connectivity index (χ1) is 7.08. The zero-order chi connectivity index (χ0) is 11.0. The molecular formula is C8H3Cl2N3O2. The molecule has 0 bridgehead atoms. The molecule has 7 heteroatoms. The Morgan fingerprint density at radius 3 is 2.80 bits per heavy atom. The lowest BCUT2D eigenvalue weighted by molar-refractivity contribution is -0.667. The lowest BCUT2D eigenvalue weighted by Crippen LogP contribution is -2.33. The fourth-order valence-corrected chi connectivity index (χ4v) is 1.35. The second-order valence-electron chi connectivity index (χ2n) is 2.73. The highest BCUT2D eigenvalue weighted by Crippen LogP contribution is 2.13. The van der Waals surface area contributed by atoms with Crippen molar-refractivity contribution in [3.63, 3.8) is 0 Å². The van der Waals surface area contributed by atoms with Crippen LogP contribution in [0.25, 0.3) is 11.0 Å². The number of carbonyl (C=O) groups is 1. The zero-order valence-electron chi connectivity index (χ0n) is 7.15. The van der Waals surface area contributed by atoms with Crippen molar-refractivity contribution in [2.45, 2.75) is 0 Å². The Kier molecular flexibility index (Phi) is 2.42. The standard InChI is InChI=1S/C8H3Cl2N3O2/c9-7(14)4-1-2-5-6(3-4)12-13(15)8(10)11-5/h1-3H. The summed E-state index contributed by atoms with van der Waals surface area (Å²) in [6, 6.07) is 4.38. The molecule has 0 aliphatic heterocycles. The van der Waals surface area contributed by atoms with Crippen LogP contribution in [0.5, 0.6) is 0 Å². The fraction of sp³-hybridized carbons (Fsp3) is 0. The highest BCUT2D eigenvalue weighted by Gasteiger charge is 2.12. The average molecular weight is 244 g/mol. The predicted molar refractivity (Wildman–Crippen MR) is 53.7 cm³/mol. The van der Waals surface area contributed by atoms with Gasteiger partial charge in [-0.2, -0.15) is 0 Å². The summed E-state index contributed by atoms with van der Waals surface area (Å²) < 4.78 is 0. The molecule has 0 spiro atoms. The van der Waals surface area contributed by atoms with E-state index in [2.05, 4.69) is 10.1 Å². The van der Waals surface area contributed by atoms with E-state index < -0.39 is 5.24 Å². The molecule has 5 nitrogen and oxygen atoms in total. The minimum Gasteiger partial charge on any atom is -0.690 e. The Balaban J connectivity index is 2.72. The topological polar surface area (TPSA) is 69.8 Å². The SMILES string of the molecule is O=C(Cl)c1ccc2nc(Cl)[n+]([O-])nc2c1. The van der Waals surface area contributed by atoms with Crippen LogP contribution in [-0.4, -0.2) is 15.3 Å². The van der Waals surface area contributed by atoms with Crippen LogP contribution in [0.2, 0.25) is 5.28 Å². The Hall–Kier alpha value is -1.46. The first kappa shape index (κ1) is 10.1. The molecule has 1 heterocycles. The van der Waals surface area contributed by atoms with Gasteiger partial charge in [0.05, 0.1) is 0 Å². The van der Waals surface area contributed by atoms with Gasteiger partial charge in [-0.1, -0.05) is 5.10 Å². The number of carbonyl (C=O) groups excluding carboxylic acids is 1. The highest BCUT2D eigenvalue weighted by molar-refractivity contribution is 6.67. The van der Waals surface area contributed by atoms with Crippen molar-refractivity contribution in [2.75, 3.05) is 0 Å². The van der Waals surface area contributed by atoms with Crippen LogP contribution in [0, 0.1) is 5.21 Å². The van der Waals surface area contributed by atoms with E-state index in [1.165, 1.54) is 18.2 Å². The molecule has 0 atom stereocenters. The molecule has 0 aliphatic rings. The third-order valence-electron chi connectivity index (χ3n) is 1.77. The van der Waals surface area contributed by atoms with Crippen LogP contribution in [0.4, 0.5) is 0 Å². The molecule has 2 rings (SSSR count). The molecule has 1 aromatic carbocycles. The van der Waals surface area contributed by atoms with Crippen molar-refractivity contribution in [1.29, 1.82) is 0 Å². The van der Waals surface area contributed by atoms with Crippen molar-refractivity contribution < 1.29 is 9.64 Å². The van der Waals surface area contributed by atoms with Gasteiger partial charge in [-0.15, -0.1) is 4.85 Å². The second kappa shape index (κ2) is 3.60. The Morgan fingerprint density at radius 1 is 1.40 bits per heavy atom. The minimum atomic E-state index is -0.619. The maximum atomic E-state index is 11.0. The van der Waals surface area contributed by atoms with E-state index in [0.29, 0.717) is 5.52 Å². The lowest BCUT2D eigenvalue weighted by Gasteiger charge is -2.00. The van der Waals surface area contributed by atoms with E-state index in [-0.39, 0.29) is 21.2 Å². The Labute approximate surface area is 93.8 Å². The summed E-state index contributed by atoms with van der Waals surface area (Å²) in [6.45, 7) is 0. The van der Waals surface area contributed by atoms with Crippen molar-refractivity contribution in [2.24, 2.45) is 0 Å². The summed E-state index contributed by atoms with van der Waals surface area (Å²) in [5.41, 5.74) is 0.940. The van der Waals surface area contributed by atoms with Crippen LogP contribution < -0.4 is 4.85 Å². The van der Waals surface area contributed by atoms with Crippen LogP contribution in [0.15, 0.2) is 18.2 Å². The number of halogens is 2. The molecule has 76 valence electrons. The molecule has 0 fully saturated rings. The molecule has 1 aromatic heterocycles. The summed E-state index contributed by atoms with van der Waals surface area (Å²) in [5, 5.41) is 13.7. The molecule has 0 saturated heterocycles. The zero-order valence-corrected chi connectivity index (χ0v) is 8.66. The van der Waals surface area contributed by atoms with Crippen LogP contribution in [0.3, 0.4) is 0 Å². The number of hydrogen-bond donors (Lipinski definition) is 0. The van der Waals surface area contributed by atoms with Gasteiger partial charge in [-0.05, 0) is 34.8 Å². The van der Waals surface area contributed by atoms with Crippen molar-refractivity contribution >= 4 is 39.5 Å². The van der Waals surface area contributed by atoms with Gasteiger partial charge in [-0.3, -0.25) is 4.79 Å². The quantitative estimate of drug-likeness (QED) is 0.430. The molecular weight excluding hydrogens is 241 g/mol. The van der Waals surface area contributed by atoms with Gasteiger partial charge in [0.1, 0.15) is 0 Å². The molecule has 0 saturated carbocycles. The second-order valence-corrected chi connectivity index (χ2v) is 3.41. The predicted octanol–water partition coefficient (Wildman–Crippen LogP) is 1.30. The smallest absolute Gasteiger partial charge is 0.421 e. The maximum Gasteiger partial charge on any atom is 0.421 e. The Bertz CT molecular complexity index is 559. The van der Waals surface area contributed by atoms with E-state index >= 15 is 0 Å². The molecule has 0 aliphatic carbocycles. The highest BCUT2D eigenvalue weighted by atomic mass is 35.5. The first-order valence-corrected chi connectivity index (χ1v) is 4.60. The summed E-state index contributed by atoms with van der Waals surface area (Å²) in [7, 11) is 0. The van der Waals surface area contributed by atoms with E-state index in [1.54, 1.807) is 0 Å². The number of fused-ring (bicyclic) bond motifs is 1. The van der Waals surface area contributed by atoms with E-state index in [4.69, 9.17) is 23.2 Å². The third kappa shape index (κ3) is 1.84. The van der Waals surface area contributed by atoms with Crippen molar-refractivity contribution in [1.82, 2.24) is 10.1 Å². The normalized spacial score (nSPS) is 10.5. The molecule has 2 aromatic rings. The maximum absolute atomic E-state index is 11.0. The van der Waals surface area contributed by atoms with Crippen LogP contribution >= 0.6 is 23.2 Å². The van der Waals surface area contributed by atoms with E-state index in [1.807, 2.05) is 0 Å². The average Bonchev–Trinajstić information content (AvgIpc) is 2.19. The van der Waals surface area contributed by atoms with Gasteiger partial charge in [0.15, 0.2) is 5.52 Å². The number of rotatable bonds is 1. The lowest BCUT2D eigenvalue weighted by atomic mass is 10.2. The fourth-order valence-electron chi connectivity index (χ4n) is 1.10. The number of nitrogens with zero attached hydrogens (tertiary/aromatic N) is 3. The van der Waals surface area contributed by atoms with Gasteiger partial charge in [0.25, 0.3) is 5.24 Å².